The molecular formula is C17H26N4O2. The maximum absolute atomic E-state index is 12.7. The lowest BCUT2D eigenvalue weighted by Crippen LogP contribution is -2.48. The fraction of sp³-hybridized carbons (Fsp3) is 0.765. The van der Waals surface area contributed by atoms with Crippen LogP contribution in [0.5, 0.6) is 0 Å². The summed E-state index contributed by atoms with van der Waals surface area (Å²) in [5.41, 5.74) is -0.441. The zero-order chi connectivity index (χ0) is 16.9. The predicted octanol–water partition coefficient (Wildman–Crippen LogP) is 2.11. The molecule has 2 amide bonds. The van der Waals surface area contributed by atoms with Crippen LogP contribution in [0.4, 0.5) is 0 Å². The monoisotopic (exact) mass is 318 g/mol. The number of hydrogen-bond donors (Lipinski definition) is 1. The molecule has 2 heterocycles. The van der Waals surface area contributed by atoms with Crippen molar-refractivity contribution in [2.45, 2.75) is 64.1 Å². The van der Waals surface area contributed by atoms with Crippen molar-refractivity contribution in [3.8, 4) is 12.3 Å². The Labute approximate surface area is 138 Å². The standard InChI is InChI=1S/C17H26N4O2/c1-4-5-8-17(19-20-17)9-7-15(22)21-11-6-10-18-16(23)14(21)12-13(2)3/h1,13-14H,5-12H2,2-3H3,(H,18,23). The molecule has 1 fully saturated rings. The highest BCUT2D eigenvalue weighted by Gasteiger charge is 2.40. The number of amides is 2. The van der Waals surface area contributed by atoms with E-state index in [1.807, 2.05) is 0 Å². The van der Waals surface area contributed by atoms with E-state index in [0.717, 1.165) is 6.42 Å². The van der Waals surface area contributed by atoms with Crippen LogP contribution in [-0.4, -0.2) is 41.5 Å². The van der Waals surface area contributed by atoms with Gasteiger partial charge in [-0.15, -0.1) is 12.3 Å². The fourth-order valence-corrected chi connectivity index (χ4v) is 2.97. The van der Waals surface area contributed by atoms with Crippen LogP contribution in [0.25, 0.3) is 0 Å². The Morgan fingerprint density at radius 1 is 1.48 bits per heavy atom. The summed E-state index contributed by atoms with van der Waals surface area (Å²) in [6.07, 6.45) is 9.02. The van der Waals surface area contributed by atoms with Crippen molar-refractivity contribution in [2.75, 3.05) is 13.1 Å². The molecule has 0 radical (unpaired) electrons. The van der Waals surface area contributed by atoms with Crippen LogP contribution in [0.3, 0.4) is 0 Å². The van der Waals surface area contributed by atoms with Crippen LogP contribution < -0.4 is 5.32 Å². The first-order valence-electron chi connectivity index (χ1n) is 8.42. The van der Waals surface area contributed by atoms with E-state index in [2.05, 4.69) is 35.3 Å². The van der Waals surface area contributed by atoms with Gasteiger partial charge in [0.05, 0.1) is 0 Å². The largest absolute Gasteiger partial charge is 0.354 e. The van der Waals surface area contributed by atoms with Crippen molar-refractivity contribution < 1.29 is 9.59 Å². The van der Waals surface area contributed by atoms with Gasteiger partial charge in [0.25, 0.3) is 0 Å². The Bertz CT molecular complexity index is 515. The van der Waals surface area contributed by atoms with Crippen LogP contribution in [-0.2, 0) is 9.59 Å². The summed E-state index contributed by atoms with van der Waals surface area (Å²) in [5.74, 6) is 2.93. The summed E-state index contributed by atoms with van der Waals surface area (Å²) in [5, 5.41) is 11.0. The van der Waals surface area contributed by atoms with Crippen molar-refractivity contribution >= 4 is 11.8 Å². The first kappa shape index (κ1) is 17.5. The van der Waals surface area contributed by atoms with E-state index in [-0.39, 0.29) is 17.9 Å². The molecule has 1 unspecified atom stereocenters. The summed E-state index contributed by atoms with van der Waals surface area (Å²) in [6.45, 7) is 5.39. The van der Waals surface area contributed by atoms with Crippen molar-refractivity contribution in [1.29, 1.82) is 0 Å². The van der Waals surface area contributed by atoms with Gasteiger partial charge >= 0.3 is 0 Å². The second-order valence-electron chi connectivity index (χ2n) is 6.76. The lowest BCUT2D eigenvalue weighted by molar-refractivity contribution is -0.140. The second kappa shape index (κ2) is 7.58. The van der Waals surface area contributed by atoms with Gasteiger partial charge in [-0.1, -0.05) is 13.8 Å². The van der Waals surface area contributed by atoms with Gasteiger partial charge in [-0.3, -0.25) is 9.59 Å². The highest BCUT2D eigenvalue weighted by atomic mass is 16.2. The quantitative estimate of drug-likeness (QED) is 0.730. The first-order chi connectivity index (χ1) is 11.0. The van der Waals surface area contributed by atoms with Crippen LogP contribution in [0.2, 0.25) is 0 Å². The number of carbonyl (C=O) groups excluding carboxylic acids is 2. The number of hydrogen-bond acceptors (Lipinski definition) is 4. The predicted molar refractivity (Wildman–Crippen MR) is 87.5 cm³/mol. The minimum absolute atomic E-state index is 0.0186. The Morgan fingerprint density at radius 2 is 2.22 bits per heavy atom. The van der Waals surface area contributed by atoms with E-state index in [1.165, 1.54) is 0 Å². The highest BCUT2D eigenvalue weighted by Crippen LogP contribution is 2.37. The molecule has 0 aromatic heterocycles. The summed E-state index contributed by atoms with van der Waals surface area (Å²) < 4.78 is 0. The van der Waals surface area contributed by atoms with Crippen LogP contribution in [0, 0.1) is 18.3 Å². The molecule has 0 aromatic rings. The molecular weight excluding hydrogens is 292 g/mol. The molecule has 6 nitrogen and oxygen atoms in total. The maximum atomic E-state index is 12.7. The van der Waals surface area contributed by atoms with Gasteiger partial charge in [-0.05, 0) is 18.8 Å². The van der Waals surface area contributed by atoms with E-state index >= 15 is 0 Å². The zero-order valence-corrected chi connectivity index (χ0v) is 14.0. The molecule has 0 saturated carbocycles. The Morgan fingerprint density at radius 3 is 2.83 bits per heavy atom. The average Bonchev–Trinajstić information content (AvgIpc) is 3.30. The molecule has 2 rings (SSSR count). The van der Waals surface area contributed by atoms with E-state index in [9.17, 15) is 9.59 Å². The van der Waals surface area contributed by atoms with Crippen molar-refractivity contribution in [3.63, 3.8) is 0 Å². The molecule has 0 bridgehead atoms. The third kappa shape index (κ3) is 4.78. The third-order valence-corrected chi connectivity index (χ3v) is 4.36. The topological polar surface area (TPSA) is 74.1 Å². The lowest BCUT2D eigenvalue weighted by atomic mass is 9.99. The minimum Gasteiger partial charge on any atom is -0.354 e. The van der Waals surface area contributed by atoms with Gasteiger partial charge in [0.2, 0.25) is 11.8 Å². The van der Waals surface area contributed by atoms with E-state index in [1.54, 1.807) is 4.90 Å². The van der Waals surface area contributed by atoms with Crippen molar-refractivity contribution in [1.82, 2.24) is 10.2 Å². The number of carbonyl (C=O) groups is 2. The number of rotatable bonds is 7. The molecule has 1 N–H and O–H groups in total. The molecule has 2 aliphatic rings. The zero-order valence-electron chi connectivity index (χ0n) is 14.0. The molecule has 0 spiro atoms. The van der Waals surface area contributed by atoms with Gasteiger partial charge < -0.3 is 10.2 Å². The lowest BCUT2D eigenvalue weighted by Gasteiger charge is -2.30. The molecule has 6 heteroatoms. The maximum Gasteiger partial charge on any atom is 0.242 e. The van der Waals surface area contributed by atoms with Gasteiger partial charge in [0, 0.05) is 38.8 Å². The minimum atomic E-state index is -0.441. The number of nitrogens with zero attached hydrogens (tertiary/aromatic N) is 3. The second-order valence-corrected chi connectivity index (χ2v) is 6.76. The van der Waals surface area contributed by atoms with Gasteiger partial charge in [0.15, 0.2) is 5.66 Å². The Hall–Kier alpha value is -1.90. The fourth-order valence-electron chi connectivity index (χ4n) is 2.97. The molecule has 0 aliphatic carbocycles. The number of terminal acetylenes is 1. The van der Waals surface area contributed by atoms with Crippen molar-refractivity contribution in [3.05, 3.63) is 0 Å². The summed E-state index contributed by atoms with van der Waals surface area (Å²) >= 11 is 0. The highest BCUT2D eigenvalue weighted by molar-refractivity contribution is 5.88. The normalized spacial score (nSPS) is 22.4. The molecule has 2 aliphatic heterocycles. The van der Waals surface area contributed by atoms with E-state index < -0.39 is 5.66 Å². The van der Waals surface area contributed by atoms with Crippen LogP contribution >= 0.6 is 0 Å². The van der Waals surface area contributed by atoms with E-state index in [0.29, 0.717) is 51.1 Å². The van der Waals surface area contributed by atoms with Gasteiger partial charge in [-0.2, -0.15) is 10.2 Å². The molecule has 1 atom stereocenters. The summed E-state index contributed by atoms with van der Waals surface area (Å²) in [4.78, 5) is 26.7. The Kier molecular flexibility index (Phi) is 5.75. The molecule has 126 valence electrons. The van der Waals surface area contributed by atoms with Gasteiger partial charge in [-0.25, -0.2) is 0 Å². The smallest absolute Gasteiger partial charge is 0.242 e. The van der Waals surface area contributed by atoms with Crippen LogP contribution in [0.1, 0.15) is 52.4 Å². The average molecular weight is 318 g/mol. The SMILES string of the molecule is C#CCCC1(CCC(=O)N2CCCNC(=O)C2CC(C)C)N=N1. The third-order valence-electron chi connectivity index (χ3n) is 4.36. The molecule has 23 heavy (non-hydrogen) atoms. The molecule has 0 aromatic carbocycles. The number of nitrogens with one attached hydrogen (secondary N) is 1. The Balaban J connectivity index is 1.94. The van der Waals surface area contributed by atoms with Crippen molar-refractivity contribution in [2.24, 2.45) is 16.1 Å². The molecule has 1 saturated heterocycles. The summed E-state index contributed by atoms with van der Waals surface area (Å²) in [7, 11) is 0. The van der Waals surface area contributed by atoms with Crippen LogP contribution in [0.15, 0.2) is 10.2 Å². The summed E-state index contributed by atoms with van der Waals surface area (Å²) in [6, 6.07) is -0.361. The van der Waals surface area contributed by atoms with E-state index in [4.69, 9.17) is 6.42 Å². The van der Waals surface area contributed by atoms with Gasteiger partial charge in [0.1, 0.15) is 6.04 Å². The first-order valence-corrected chi connectivity index (χ1v) is 8.42.